The Morgan fingerprint density at radius 2 is 2.15 bits per heavy atom. The summed E-state index contributed by atoms with van der Waals surface area (Å²) in [6.45, 7) is 5.05. The summed E-state index contributed by atoms with van der Waals surface area (Å²) < 4.78 is 16.0. The van der Waals surface area contributed by atoms with Crippen LogP contribution in [0, 0.1) is 5.82 Å². The number of hydrogen-bond donors (Lipinski definition) is 3. The van der Waals surface area contributed by atoms with E-state index in [0.29, 0.717) is 22.7 Å². The molecule has 1 aliphatic heterocycles. The Labute approximate surface area is 150 Å². The lowest BCUT2D eigenvalue weighted by atomic mass is 10.1. The molecule has 1 unspecified atom stereocenters. The van der Waals surface area contributed by atoms with Gasteiger partial charge in [-0.2, -0.15) is 0 Å². The van der Waals surface area contributed by atoms with Crippen LogP contribution in [0.4, 0.5) is 10.2 Å². The zero-order valence-electron chi connectivity index (χ0n) is 14.7. The number of imidazole rings is 1. The third-order valence-electron chi connectivity index (χ3n) is 4.53. The van der Waals surface area contributed by atoms with E-state index in [-0.39, 0.29) is 17.7 Å². The van der Waals surface area contributed by atoms with Crippen LogP contribution in [-0.4, -0.2) is 43.6 Å². The van der Waals surface area contributed by atoms with E-state index in [4.69, 9.17) is 0 Å². The van der Waals surface area contributed by atoms with Crippen molar-refractivity contribution < 1.29 is 9.50 Å². The fourth-order valence-electron chi connectivity index (χ4n) is 3.05. The third kappa shape index (κ3) is 3.13. The Kier molecular flexibility index (Phi) is 4.08. The first-order chi connectivity index (χ1) is 12.4. The van der Waals surface area contributed by atoms with Crippen LogP contribution in [0.25, 0.3) is 17.0 Å². The SMILES string of the molecule is CC(C)(O)c1cn2c(-c3ccc(F)c(NC4CCNC4)n3)cnc2cn1. The molecular weight excluding hydrogens is 335 g/mol. The zero-order valence-corrected chi connectivity index (χ0v) is 14.7. The van der Waals surface area contributed by atoms with E-state index < -0.39 is 5.60 Å². The van der Waals surface area contributed by atoms with Crippen molar-refractivity contribution in [1.82, 2.24) is 24.7 Å². The van der Waals surface area contributed by atoms with Gasteiger partial charge in [-0.05, 0) is 38.9 Å². The van der Waals surface area contributed by atoms with Crippen molar-refractivity contribution in [2.45, 2.75) is 31.9 Å². The molecule has 0 aliphatic carbocycles. The number of nitrogens with zero attached hydrogens (tertiary/aromatic N) is 4. The van der Waals surface area contributed by atoms with E-state index in [1.807, 2.05) is 0 Å². The predicted molar refractivity (Wildman–Crippen MR) is 96.3 cm³/mol. The molecule has 0 radical (unpaired) electrons. The average Bonchev–Trinajstić information content (AvgIpc) is 3.25. The molecule has 1 fully saturated rings. The topological polar surface area (TPSA) is 87.4 Å². The molecule has 136 valence electrons. The van der Waals surface area contributed by atoms with Crippen molar-refractivity contribution in [2.24, 2.45) is 0 Å². The number of aliphatic hydroxyl groups is 1. The van der Waals surface area contributed by atoms with Gasteiger partial charge in [0.2, 0.25) is 0 Å². The fraction of sp³-hybridized carbons (Fsp3) is 0.389. The number of halogens is 1. The van der Waals surface area contributed by atoms with E-state index in [1.165, 1.54) is 6.07 Å². The van der Waals surface area contributed by atoms with Gasteiger partial charge in [-0.15, -0.1) is 0 Å². The largest absolute Gasteiger partial charge is 0.384 e. The van der Waals surface area contributed by atoms with Crippen molar-refractivity contribution in [3.8, 4) is 11.4 Å². The average molecular weight is 356 g/mol. The molecule has 0 spiro atoms. The normalized spacial score (nSPS) is 17.8. The van der Waals surface area contributed by atoms with Crippen LogP contribution < -0.4 is 10.6 Å². The van der Waals surface area contributed by atoms with Gasteiger partial charge in [0.15, 0.2) is 17.3 Å². The van der Waals surface area contributed by atoms with Gasteiger partial charge >= 0.3 is 0 Å². The van der Waals surface area contributed by atoms with Gasteiger partial charge in [-0.1, -0.05) is 0 Å². The van der Waals surface area contributed by atoms with Gasteiger partial charge in [-0.25, -0.2) is 14.4 Å². The van der Waals surface area contributed by atoms with Gasteiger partial charge < -0.3 is 15.7 Å². The first kappa shape index (κ1) is 16.9. The lowest BCUT2D eigenvalue weighted by Crippen LogP contribution is -2.23. The molecule has 1 atom stereocenters. The van der Waals surface area contributed by atoms with Crippen LogP contribution in [0.2, 0.25) is 0 Å². The van der Waals surface area contributed by atoms with E-state index in [0.717, 1.165) is 19.5 Å². The highest BCUT2D eigenvalue weighted by Crippen LogP contribution is 2.25. The van der Waals surface area contributed by atoms with Crippen LogP contribution >= 0.6 is 0 Å². The Hall–Kier alpha value is -2.58. The molecule has 4 rings (SSSR count). The van der Waals surface area contributed by atoms with Crippen LogP contribution in [0.3, 0.4) is 0 Å². The molecule has 3 aromatic heterocycles. The molecule has 0 bridgehead atoms. The summed E-state index contributed by atoms with van der Waals surface area (Å²) >= 11 is 0. The van der Waals surface area contributed by atoms with Crippen molar-refractivity contribution in [3.05, 3.63) is 42.2 Å². The lowest BCUT2D eigenvalue weighted by molar-refractivity contribution is 0.0734. The van der Waals surface area contributed by atoms with Crippen LogP contribution in [-0.2, 0) is 5.60 Å². The number of rotatable bonds is 4. The number of anilines is 1. The maximum Gasteiger partial charge on any atom is 0.165 e. The maximum atomic E-state index is 14.2. The molecule has 8 heteroatoms. The second-order valence-corrected chi connectivity index (χ2v) is 7.06. The van der Waals surface area contributed by atoms with Crippen LogP contribution in [0.15, 0.2) is 30.7 Å². The van der Waals surface area contributed by atoms with Gasteiger partial charge in [-0.3, -0.25) is 9.38 Å². The van der Waals surface area contributed by atoms with Gasteiger partial charge in [0.1, 0.15) is 5.60 Å². The molecule has 3 aromatic rings. The van der Waals surface area contributed by atoms with Gasteiger partial charge in [0, 0.05) is 18.8 Å². The molecular formula is C18H21FN6O. The lowest BCUT2D eigenvalue weighted by Gasteiger charge is -2.17. The second kappa shape index (κ2) is 6.30. The Morgan fingerprint density at radius 3 is 2.88 bits per heavy atom. The second-order valence-electron chi connectivity index (χ2n) is 7.06. The quantitative estimate of drug-likeness (QED) is 0.662. The van der Waals surface area contributed by atoms with Gasteiger partial charge in [0.25, 0.3) is 0 Å². The maximum absolute atomic E-state index is 14.2. The van der Waals surface area contributed by atoms with E-state index >= 15 is 0 Å². The molecule has 7 nitrogen and oxygen atoms in total. The number of pyridine rings is 1. The first-order valence-corrected chi connectivity index (χ1v) is 8.62. The zero-order chi connectivity index (χ0) is 18.3. The molecule has 4 heterocycles. The highest BCUT2D eigenvalue weighted by atomic mass is 19.1. The Balaban J connectivity index is 1.75. The molecule has 1 saturated heterocycles. The number of aromatic nitrogens is 4. The van der Waals surface area contributed by atoms with Crippen molar-refractivity contribution in [1.29, 1.82) is 0 Å². The minimum atomic E-state index is -1.08. The van der Waals surface area contributed by atoms with Crippen LogP contribution in [0.5, 0.6) is 0 Å². The Bertz CT molecular complexity index is 942. The monoisotopic (exact) mass is 356 g/mol. The minimum absolute atomic E-state index is 0.167. The fourth-order valence-corrected chi connectivity index (χ4v) is 3.05. The molecule has 1 aliphatic rings. The summed E-state index contributed by atoms with van der Waals surface area (Å²) in [4.78, 5) is 13.0. The van der Waals surface area contributed by atoms with Crippen molar-refractivity contribution in [3.63, 3.8) is 0 Å². The van der Waals surface area contributed by atoms with E-state index in [1.54, 1.807) is 42.9 Å². The predicted octanol–water partition coefficient (Wildman–Crippen LogP) is 1.93. The van der Waals surface area contributed by atoms with Crippen molar-refractivity contribution >= 4 is 11.5 Å². The molecule has 0 saturated carbocycles. The smallest absolute Gasteiger partial charge is 0.165 e. The summed E-state index contributed by atoms with van der Waals surface area (Å²) in [6, 6.07) is 3.20. The number of hydrogen-bond acceptors (Lipinski definition) is 6. The number of fused-ring (bicyclic) bond motifs is 1. The van der Waals surface area contributed by atoms with Crippen molar-refractivity contribution in [2.75, 3.05) is 18.4 Å². The van der Waals surface area contributed by atoms with E-state index in [2.05, 4.69) is 25.6 Å². The summed E-state index contributed by atoms with van der Waals surface area (Å²) in [5.74, 6) is -0.142. The molecule has 3 N–H and O–H groups in total. The van der Waals surface area contributed by atoms with Crippen LogP contribution in [0.1, 0.15) is 26.0 Å². The number of nitrogens with one attached hydrogen (secondary N) is 2. The molecule has 26 heavy (non-hydrogen) atoms. The standard InChI is InChI=1S/C18H21FN6O/c1-18(2,26)15-10-25-14(8-22-16(25)9-21-15)13-4-3-12(19)17(24-13)23-11-5-6-20-7-11/h3-4,8-11,20,26H,5-7H2,1-2H3,(H,23,24). The highest BCUT2D eigenvalue weighted by molar-refractivity contribution is 5.62. The molecule has 0 aromatic carbocycles. The summed E-state index contributed by atoms with van der Waals surface area (Å²) in [6.07, 6.45) is 5.94. The summed E-state index contributed by atoms with van der Waals surface area (Å²) in [5.41, 5.74) is 1.38. The highest BCUT2D eigenvalue weighted by Gasteiger charge is 2.21. The summed E-state index contributed by atoms with van der Waals surface area (Å²) in [5, 5.41) is 16.6. The van der Waals surface area contributed by atoms with Gasteiger partial charge in [0.05, 0.1) is 29.5 Å². The Morgan fingerprint density at radius 1 is 1.31 bits per heavy atom. The minimum Gasteiger partial charge on any atom is -0.384 e. The molecule has 0 amide bonds. The third-order valence-corrected chi connectivity index (χ3v) is 4.53. The van der Waals surface area contributed by atoms with E-state index in [9.17, 15) is 9.50 Å². The first-order valence-electron chi connectivity index (χ1n) is 8.62. The summed E-state index contributed by atoms with van der Waals surface area (Å²) in [7, 11) is 0.